The number of hydrogen-bond donors (Lipinski definition) is 1. The number of amides is 1. The molecule has 9 nitrogen and oxygen atoms in total. The highest BCUT2D eigenvalue weighted by molar-refractivity contribution is 7.16. The predicted octanol–water partition coefficient (Wildman–Crippen LogP) is 4.38. The van der Waals surface area contributed by atoms with E-state index in [4.69, 9.17) is 11.6 Å². The first-order valence-electron chi connectivity index (χ1n) is 9.14. The van der Waals surface area contributed by atoms with E-state index in [1.54, 1.807) is 12.1 Å². The Hall–Kier alpha value is -3.84. The molecule has 4 aromatic heterocycles. The zero-order valence-corrected chi connectivity index (χ0v) is 17.7. The van der Waals surface area contributed by atoms with Crippen LogP contribution in [0.5, 0.6) is 0 Å². The molecule has 0 saturated carbocycles. The van der Waals surface area contributed by atoms with Crippen molar-refractivity contribution in [1.29, 1.82) is 0 Å². The van der Waals surface area contributed by atoms with Crippen LogP contribution in [0, 0.1) is 0 Å². The lowest BCUT2D eigenvalue weighted by Gasteiger charge is -2.13. The SMILES string of the molecule is O=C(Nc1cnc(-n2nccn2)c(Cl)c1)c1cnn(-c2cccc3scnc23)c1C(F)(F)F. The number of anilines is 1. The number of nitrogens with one attached hydrogen (secondary N) is 1. The summed E-state index contributed by atoms with van der Waals surface area (Å²) in [7, 11) is 0. The van der Waals surface area contributed by atoms with Crippen LogP contribution in [-0.4, -0.2) is 40.6 Å². The van der Waals surface area contributed by atoms with Crippen molar-refractivity contribution in [1.82, 2.24) is 34.7 Å². The van der Waals surface area contributed by atoms with E-state index in [0.29, 0.717) is 14.9 Å². The third kappa shape index (κ3) is 3.81. The number of pyridine rings is 1. The summed E-state index contributed by atoms with van der Waals surface area (Å²) < 4.78 is 43.4. The van der Waals surface area contributed by atoms with Gasteiger partial charge in [-0.15, -0.1) is 16.1 Å². The fraction of sp³-hybridized carbons (Fsp3) is 0.0526. The van der Waals surface area contributed by atoms with Crippen molar-refractivity contribution in [3.05, 3.63) is 70.8 Å². The maximum Gasteiger partial charge on any atom is 0.434 e. The van der Waals surface area contributed by atoms with Crippen LogP contribution in [0.15, 0.2) is 54.6 Å². The molecule has 0 aliphatic heterocycles. The van der Waals surface area contributed by atoms with E-state index < -0.39 is 23.3 Å². The van der Waals surface area contributed by atoms with Crippen LogP contribution in [0.25, 0.3) is 21.7 Å². The molecule has 0 unspecified atom stereocenters. The Morgan fingerprint density at radius 1 is 1.09 bits per heavy atom. The Labute approximate surface area is 191 Å². The van der Waals surface area contributed by atoms with Gasteiger partial charge in [-0.2, -0.15) is 28.5 Å². The quantitative estimate of drug-likeness (QED) is 0.401. The normalized spacial score (nSPS) is 11.8. The molecule has 0 bridgehead atoms. The molecule has 0 aliphatic rings. The molecule has 0 aliphatic carbocycles. The van der Waals surface area contributed by atoms with Crippen LogP contribution in [0.3, 0.4) is 0 Å². The Balaban J connectivity index is 1.52. The fourth-order valence-corrected chi connectivity index (χ4v) is 4.12. The highest BCUT2D eigenvalue weighted by atomic mass is 35.5. The minimum atomic E-state index is -4.87. The van der Waals surface area contributed by atoms with E-state index in [0.717, 1.165) is 6.20 Å². The molecular weight excluding hydrogens is 481 g/mol. The monoisotopic (exact) mass is 490 g/mol. The van der Waals surface area contributed by atoms with E-state index in [2.05, 4.69) is 30.6 Å². The van der Waals surface area contributed by atoms with Crippen LogP contribution in [0.1, 0.15) is 16.1 Å². The van der Waals surface area contributed by atoms with Gasteiger partial charge in [0.25, 0.3) is 5.91 Å². The minimum absolute atomic E-state index is 0.0865. The van der Waals surface area contributed by atoms with Crippen molar-refractivity contribution < 1.29 is 18.0 Å². The number of thiazole rings is 1. The van der Waals surface area contributed by atoms with E-state index in [1.165, 1.54) is 52.4 Å². The summed E-state index contributed by atoms with van der Waals surface area (Å²) in [6.07, 6.45) is 0.0791. The van der Waals surface area contributed by atoms with Crippen molar-refractivity contribution in [3.8, 4) is 11.5 Å². The third-order valence-electron chi connectivity index (χ3n) is 4.54. The molecular formula is C19H10ClF3N8OS. The zero-order valence-electron chi connectivity index (χ0n) is 16.2. The van der Waals surface area contributed by atoms with Gasteiger partial charge in [-0.05, 0) is 18.2 Å². The molecule has 0 atom stereocenters. The number of halogens is 4. The number of carbonyl (C=O) groups is 1. The van der Waals surface area contributed by atoms with Crippen molar-refractivity contribution in [2.45, 2.75) is 6.18 Å². The number of fused-ring (bicyclic) bond motifs is 1. The Morgan fingerprint density at radius 2 is 1.88 bits per heavy atom. The average molecular weight is 491 g/mol. The highest BCUT2D eigenvalue weighted by Crippen LogP contribution is 2.36. The lowest BCUT2D eigenvalue weighted by atomic mass is 10.2. The molecule has 4 heterocycles. The van der Waals surface area contributed by atoms with Gasteiger partial charge in [-0.1, -0.05) is 17.7 Å². The molecule has 14 heteroatoms. The molecule has 1 aromatic carbocycles. The standard InChI is InChI=1S/C19H10ClF3N8OS/c20-12-6-10(7-24-17(12)31-26-4-5-27-31)29-18(32)11-8-28-30(16(11)19(21,22)23)13-2-1-3-14-15(13)25-9-33-14/h1-9H,(H,29,32). The second-order valence-corrected chi connectivity index (χ2v) is 7.89. The topological polar surface area (TPSA) is 103 Å². The molecule has 0 spiro atoms. The third-order valence-corrected chi connectivity index (χ3v) is 5.61. The first kappa shape index (κ1) is 21.0. The van der Waals surface area contributed by atoms with Gasteiger partial charge < -0.3 is 5.32 Å². The molecule has 1 amide bonds. The second kappa shape index (κ2) is 7.94. The van der Waals surface area contributed by atoms with Gasteiger partial charge in [-0.3, -0.25) is 4.79 Å². The lowest BCUT2D eigenvalue weighted by Crippen LogP contribution is -2.21. The molecule has 5 aromatic rings. The second-order valence-electron chi connectivity index (χ2n) is 6.59. The molecule has 166 valence electrons. The summed E-state index contributed by atoms with van der Waals surface area (Å²) in [5.41, 5.74) is 0.185. The number of rotatable bonds is 4. The summed E-state index contributed by atoms with van der Waals surface area (Å²) in [4.78, 5) is 22.1. The van der Waals surface area contributed by atoms with Gasteiger partial charge >= 0.3 is 6.18 Å². The van der Waals surface area contributed by atoms with Gasteiger partial charge in [0.05, 0.1) is 57.0 Å². The van der Waals surface area contributed by atoms with Gasteiger partial charge in [0.2, 0.25) is 0 Å². The fourth-order valence-electron chi connectivity index (χ4n) is 3.18. The molecule has 5 rings (SSSR count). The van der Waals surface area contributed by atoms with Crippen LogP contribution in [0.2, 0.25) is 5.02 Å². The number of hydrogen-bond acceptors (Lipinski definition) is 7. The van der Waals surface area contributed by atoms with E-state index in [1.807, 2.05) is 0 Å². The van der Waals surface area contributed by atoms with Crippen LogP contribution >= 0.6 is 22.9 Å². The summed E-state index contributed by atoms with van der Waals surface area (Å²) in [6.45, 7) is 0. The van der Waals surface area contributed by atoms with Gasteiger partial charge in [0, 0.05) is 0 Å². The average Bonchev–Trinajstić information content (AvgIpc) is 3.52. The van der Waals surface area contributed by atoms with Crippen molar-refractivity contribution in [2.75, 3.05) is 5.32 Å². The molecule has 0 fully saturated rings. The van der Waals surface area contributed by atoms with Crippen LogP contribution < -0.4 is 5.32 Å². The largest absolute Gasteiger partial charge is 0.434 e. The molecule has 0 saturated heterocycles. The first-order chi connectivity index (χ1) is 15.8. The number of para-hydroxylation sites is 1. The van der Waals surface area contributed by atoms with Crippen LogP contribution in [-0.2, 0) is 6.18 Å². The zero-order chi connectivity index (χ0) is 23.2. The lowest BCUT2D eigenvalue weighted by molar-refractivity contribution is -0.143. The Morgan fingerprint density at radius 3 is 2.61 bits per heavy atom. The first-order valence-corrected chi connectivity index (χ1v) is 10.4. The summed E-state index contributed by atoms with van der Waals surface area (Å²) in [5, 5.41) is 14.1. The number of nitrogens with zero attached hydrogens (tertiary/aromatic N) is 7. The summed E-state index contributed by atoms with van der Waals surface area (Å²) in [5.74, 6) is -0.832. The maximum atomic E-state index is 14.0. The van der Waals surface area contributed by atoms with Crippen molar-refractivity contribution in [2.24, 2.45) is 0 Å². The number of benzene rings is 1. The number of aromatic nitrogens is 7. The Kier molecular flexibility index (Phi) is 5.06. The van der Waals surface area contributed by atoms with Gasteiger partial charge in [0.1, 0.15) is 5.52 Å². The smallest absolute Gasteiger partial charge is 0.320 e. The summed E-state index contributed by atoms with van der Waals surface area (Å²) in [6, 6.07) is 6.12. The number of carbonyl (C=O) groups excluding carboxylic acids is 1. The Bertz CT molecular complexity index is 1480. The van der Waals surface area contributed by atoms with E-state index >= 15 is 0 Å². The van der Waals surface area contributed by atoms with E-state index in [9.17, 15) is 18.0 Å². The predicted molar refractivity (Wildman–Crippen MR) is 114 cm³/mol. The van der Waals surface area contributed by atoms with E-state index in [-0.39, 0.29) is 22.2 Å². The molecule has 1 N–H and O–H groups in total. The van der Waals surface area contributed by atoms with Crippen molar-refractivity contribution in [3.63, 3.8) is 0 Å². The van der Waals surface area contributed by atoms with Gasteiger partial charge in [0.15, 0.2) is 11.5 Å². The highest BCUT2D eigenvalue weighted by Gasteiger charge is 2.41. The molecule has 0 radical (unpaired) electrons. The number of alkyl halides is 3. The van der Waals surface area contributed by atoms with Gasteiger partial charge in [-0.25, -0.2) is 14.6 Å². The maximum absolute atomic E-state index is 14.0. The van der Waals surface area contributed by atoms with Crippen molar-refractivity contribution >= 4 is 44.7 Å². The minimum Gasteiger partial charge on any atom is -0.320 e. The summed E-state index contributed by atoms with van der Waals surface area (Å²) >= 11 is 7.45. The van der Waals surface area contributed by atoms with Crippen LogP contribution in [0.4, 0.5) is 18.9 Å². The molecule has 33 heavy (non-hydrogen) atoms.